The molecule has 1 aromatic heterocycles. The number of aryl methyl sites for hydroxylation is 1. The van der Waals surface area contributed by atoms with Crippen molar-refractivity contribution in [1.82, 2.24) is 4.98 Å². The molecule has 1 unspecified atom stereocenters. The molecule has 0 fully saturated rings. The second-order valence-corrected chi connectivity index (χ2v) is 6.79. The number of halogens is 3. The topological polar surface area (TPSA) is 25.2 Å². The Morgan fingerprint density at radius 3 is 2.38 bits per heavy atom. The van der Waals surface area contributed by atoms with Crippen LogP contribution in [0.2, 0.25) is 0 Å². The van der Waals surface area contributed by atoms with E-state index in [0.717, 1.165) is 0 Å². The maximum Gasteiger partial charge on any atom is 0.280 e. The zero-order valence-electron chi connectivity index (χ0n) is 14.1. The van der Waals surface area contributed by atoms with Crippen LogP contribution in [0, 0.1) is 6.92 Å². The molecular weight excluding hydrogens is 313 g/mol. The van der Waals surface area contributed by atoms with Crippen LogP contribution >= 0.6 is 0 Å². The molecule has 0 bridgehead atoms. The third-order valence-corrected chi connectivity index (χ3v) is 4.83. The predicted octanol–water partition coefficient (Wildman–Crippen LogP) is 5.14. The fourth-order valence-corrected chi connectivity index (χ4v) is 3.04. The highest BCUT2D eigenvalue weighted by Gasteiger charge is 2.48. The maximum absolute atomic E-state index is 15.4. The van der Waals surface area contributed by atoms with E-state index in [1.165, 1.54) is 13.1 Å². The number of pyridine rings is 1. The van der Waals surface area contributed by atoms with Crippen molar-refractivity contribution >= 4 is 5.71 Å². The molecule has 2 nitrogen and oxygen atoms in total. The first kappa shape index (κ1) is 16.7. The van der Waals surface area contributed by atoms with Gasteiger partial charge in [-0.25, -0.2) is 13.2 Å². The van der Waals surface area contributed by atoms with Gasteiger partial charge >= 0.3 is 0 Å². The standard InChI is InChI=1S/C19H19F3N2/c1-11-9-12(10-23-15(11)17(20)21)16-13-7-5-6-8-14(13)19(4,22)18(2,3)24-16/h5-10,17H,1-4H3. The molecule has 0 amide bonds. The summed E-state index contributed by atoms with van der Waals surface area (Å²) in [7, 11) is 0. The van der Waals surface area contributed by atoms with Gasteiger partial charge in [0.2, 0.25) is 0 Å². The summed E-state index contributed by atoms with van der Waals surface area (Å²) in [6.45, 7) is 6.58. The number of alkyl halides is 3. The van der Waals surface area contributed by atoms with E-state index in [-0.39, 0.29) is 5.69 Å². The van der Waals surface area contributed by atoms with Gasteiger partial charge in [0, 0.05) is 22.9 Å². The highest BCUT2D eigenvalue weighted by Crippen LogP contribution is 2.45. The molecule has 0 saturated heterocycles. The predicted molar refractivity (Wildman–Crippen MR) is 88.6 cm³/mol. The first-order chi connectivity index (χ1) is 11.1. The SMILES string of the molecule is Cc1cc(C2=NC(C)(C)C(C)(F)c3ccccc32)cnc1C(F)F. The summed E-state index contributed by atoms with van der Waals surface area (Å²) < 4.78 is 41.2. The second-order valence-electron chi connectivity index (χ2n) is 6.79. The van der Waals surface area contributed by atoms with Gasteiger partial charge < -0.3 is 0 Å². The van der Waals surface area contributed by atoms with Crippen LogP contribution in [-0.4, -0.2) is 16.2 Å². The van der Waals surface area contributed by atoms with E-state index < -0.39 is 17.6 Å². The fourth-order valence-electron chi connectivity index (χ4n) is 3.04. The van der Waals surface area contributed by atoms with Crippen LogP contribution in [0.3, 0.4) is 0 Å². The Kier molecular flexibility index (Phi) is 3.78. The largest absolute Gasteiger partial charge is 0.280 e. The van der Waals surface area contributed by atoms with Crippen LogP contribution in [0.15, 0.2) is 41.5 Å². The summed E-state index contributed by atoms with van der Waals surface area (Å²) in [4.78, 5) is 8.49. The van der Waals surface area contributed by atoms with Gasteiger partial charge in [-0.2, -0.15) is 0 Å². The maximum atomic E-state index is 15.4. The van der Waals surface area contributed by atoms with Gasteiger partial charge in [0.1, 0.15) is 5.69 Å². The van der Waals surface area contributed by atoms with Crippen LogP contribution in [0.5, 0.6) is 0 Å². The molecule has 2 aromatic rings. The van der Waals surface area contributed by atoms with Crippen LogP contribution in [0.1, 0.15) is 55.1 Å². The van der Waals surface area contributed by atoms with Gasteiger partial charge in [0.25, 0.3) is 6.43 Å². The Morgan fingerprint density at radius 2 is 1.75 bits per heavy atom. The molecule has 3 rings (SSSR count). The Balaban J connectivity index is 2.21. The van der Waals surface area contributed by atoms with Gasteiger partial charge in [0.05, 0.1) is 11.3 Å². The second kappa shape index (κ2) is 5.43. The molecule has 0 spiro atoms. The molecule has 1 aliphatic heterocycles. The number of nitrogens with zero attached hydrogens (tertiary/aromatic N) is 2. The van der Waals surface area contributed by atoms with Gasteiger partial charge in [-0.1, -0.05) is 24.3 Å². The number of rotatable bonds is 2. The van der Waals surface area contributed by atoms with E-state index in [2.05, 4.69) is 9.98 Å². The van der Waals surface area contributed by atoms with E-state index in [1.54, 1.807) is 45.0 Å². The molecule has 0 radical (unpaired) electrons. The lowest BCUT2D eigenvalue weighted by Gasteiger charge is -2.40. The smallest absolute Gasteiger partial charge is 0.274 e. The van der Waals surface area contributed by atoms with E-state index >= 15 is 4.39 Å². The van der Waals surface area contributed by atoms with Crippen molar-refractivity contribution in [3.63, 3.8) is 0 Å². The van der Waals surface area contributed by atoms with E-state index in [4.69, 9.17) is 0 Å². The third kappa shape index (κ3) is 2.43. The molecule has 1 aromatic carbocycles. The monoisotopic (exact) mass is 332 g/mol. The summed E-state index contributed by atoms with van der Waals surface area (Å²) in [5.41, 5.74) is -0.0182. The van der Waals surface area contributed by atoms with Crippen molar-refractivity contribution < 1.29 is 13.2 Å². The lowest BCUT2D eigenvalue weighted by molar-refractivity contribution is 0.0941. The molecule has 1 atom stereocenters. The highest BCUT2D eigenvalue weighted by molar-refractivity contribution is 6.14. The number of aromatic nitrogens is 1. The number of hydrogen-bond donors (Lipinski definition) is 0. The molecule has 0 aliphatic carbocycles. The minimum absolute atomic E-state index is 0.238. The average molecular weight is 332 g/mol. The third-order valence-electron chi connectivity index (χ3n) is 4.83. The van der Waals surface area contributed by atoms with E-state index in [1.807, 2.05) is 6.07 Å². The summed E-state index contributed by atoms with van der Waals surface area (Å²) in [6.07, 6.45) is -1.23. The molecule has 5 heteroatoms. The van der Waals surface area contributed by atoms with Crippen molar-refractivity contribution in [2.24, 2.45) is 4.99 Å². The minimum Gasteiger partial charge on any atom is -0.274 e. The van der Waals surface area contributed by atoms with Crippen molar-refractivity contribution in [1.29, 1.82) is 0 Å². The first-order valence-corrected chi connectivity index (χ1v) is 7.79. The minimum atomic E-state index is -2.62. The fraction of sp³-hybridized carbons (Fsp3) is 0.368. The zero-order chi connectivity index (χ0) is 17.7. The van der Waals surface area contributed by atoms with Crippen molar-refractivity contribution in [3.05, 3.63) is 64.5 Å². The van der Waals surface area contributed by atoms with Crippen molar-refractivity contribution in [2.45, 2.75) is 45.3 Å². The molecule has 0 saturated carbocycles. The average Bonchev–Trinajstić information content (AvgIpc) is 2.51. The zero-order valence-corrected chi connectivity index (χ0v) is 14.1. The van der Waals surface area contributed by atoms with Gasteiger partial charge in [-0.05, 0) is 39.3 Å². The van der Waals surface area contributed by atoms with Crippen molar-refractivity contribution in [2.75, 3.05) is 0 Å². The highest BCUT2D eigenvalue weighted by atomic mass is 19.3. The number of fused-ring (bicyclic) bond motifs is 1. The summed E-state index contributed by atoms with van der Waals surface area (Å²) in [5, 5.41) is 0. The number of aliphatic imine (C=N–C) groups is 1. The van der Waals surface area contributed by atoms with Crippen LogP contribution in [-0.2, 0) is 5.67 Å². The first-order valence-electron chi connectivity index (χ1n) is 7.79. The molecule has 2 heterocycles. The Bertz CT molecular complexity index is 823. The van der Waals surface area contributed by atoms with Gasteiger partial charge in [0.15, 0.2) is 5.67 Å². The Morgan fingerprint density at radius 1 is 1.08 bits per heavy atom. The molecule has 1 aliphatic rings. The lowest BCUT2D eigenvalue weighted by Crippen LogP contribution is -2.45. The van der Waals surface area contributed by atoms with E-state index in [0.29, 0.717) is 28.0 Å². The van der Waals surface area contributed by atoms with Crippen molar-refractivity contribution in [3.8, 4) is 0 Å². The van der Waals surface area contributed by atoms with Crippen LogP contribution in [0.4, 0.5) is 13.2 Å². The Labute approximate surface area is 139 Å². The van der Waals surface area contributed by atoms with Crippen LogP contribution in [0.25, 0.3) is 0 Å². The Hall–Kier alpha value is -2.17. The molecule has 0 N–H and O–H groups in total. The van der Waals surface area contributed by atoms with Crippen LogP contribution < -0.4 is 0 Å². The lowest BCUT2D eigenvalue weighted by atomic mass is 9.74. The quantitative estimate of drug-likeness (QED) is 0.747. The number of benzene rings is 1. The summed E-state index contributed by atoms with van der Waals surface area (Å²) in [6, 6.07) is 8.80. The molecular formula is C19H19F3N2. The van der Waals surface area contributed by atoms with Gasteiger partial charge in [-0.3, -0.25) is 9.98 Å². The summed E-state index contributed by atoms with van der Waals surface area (Å²) >= 11 is 0. The number of hydrogen-bond acceptors (Lipinski definition) is 2. The van der Waals surface area contributed by atoms with Gasteiger partial charge in [-0.15, -0.1) is 0 Å². The molecule has 126 valence electrons. The van der Waals surface area contributed by atoms with E-state index in [9.17, 15) is 8.78 Å². The molecule has 24 heavy (non-hydrogen) atoms. The summed E-state index contributed by atoms with van der Waals surface area (Å²) in [5.74, 6) is 0. The normalized spacial score (nSPS) is 22.2.